The van der Waals surface area contributed by atoms with Crippen molar-refractivity contribution in [3.63, 3.8) is 0 Å². The predicted octanol–water partition coefficient (Wildman–Crippen LogP) is 4.41. The summed E-state index contributed by atoms with van der Waals surface area (Å²) in [6, 6.07) is 9.38. The highest BCUT2D eigenvalue weighted by atomic mass is 16.6. The molecule has 6 nitrogen and oxygen atoms in total. The Morgan fingerprint density at radius 1 is 1.17 bits per heavy atom. The van der Waals surface area contributed by atoms with E-state index in [9.17, 15) is 14.4 Å². The number of imidazole rings is 1. The van der Waals surface area contributed by atoms with E-state index in [0.717, 1.165) is 12.0 Å². The molecule has 0 N–H and O–H groups in total. The summed E-state index contributed by atoms with van der Waals surface area (Å²) in [5.41, 5.74) is -0.901. The number of nitrogens with zero attached hydrogens (tertiary/aromatic N) is 2. The van der Waals surface area contributed by atoms with Gasteiger partial charge in [-0.1, -0.05) is 38.5 Å². The van der Waals surface area contributed by atoms with E-state index in [0.29, 0.717) is 12.8 Å². The fourth-order valence-corrected chi connectivity index (χ4v) is 3.40. The van der Waals surface area contributed by atoms with Crippen molar-refractivity contribution in [3.05, 3.63) is 48.5 Å². The van der Waals surface area contributed by atoms with Crippen LogP contribution in [0.3, 0.4) is 0 Å². The van der Waals surface area contributed by atoms with Gasteiger partial charge in [0.15, 0.2) is 11.6 Å². The molecule has 0 aliphatic rings. The number of aromatic nitrogens is 2. The van der Waals surface area contributed by atoms with E-state index in [1.807, 2.05) is 37.3 Å². The number of Topliss-reactive ketones (excluding diaryl/α,β-unsaturated/α-hetero) is 1. The maximum absolute atomic E-state index is 13.1. The summed E-state index contributed by atoms with van der Waals surface area (Å²) in [4.78, 5) is 42.2. The van der Waals surface area contributed by atoms with Crippen molar-refractivity contribution in [3.8, 4) is 5.69 Å². The Morgan fingerprint density at radius 2 is 1.83 bits per heavy atom. The topological polar surface area (TPSA) is 78.3 Å². The van der Waals surface area contributed by atoms with Crippen LogP contribution in [0.25, 0.3) is 5.69 Å². The predicted molar refractivity (Wildman–Crippen MR) is 111 cm³/mol. The molecule has 2 aromatic rings. The lowest BCUT2D eigenvalue weighted by Crippen LogP contribution is -2.40. The Hall–Kier alpha value is -2.76. The second kappa shape index (κ2) is 9.16. The van der Waals surface area contributed by atoms with Crippen molar-refractivity contribution >= 4 is 18.0 Å². The lowest BCUT2D eigenvalue weighted by molar-refractivity contribution is -0.165. The van der Waals surface area contributed by atoms with Crippen LogP contribution in [0.2, 0.25) is 0 Å². The molecule has 0 spiro atoms. The molecule has 0 aliphatic carbocycles. The maximum atomic E-state index is 13.1. The fourth-order valence-electron chi connectivity index (χ4n) is 3.40. The molecule has 2 atom stereocenters. The zero-order valence-electron chi connectivity index (χ0n) is 17.8. The molecule has 0 fully saturated rings. The second-order valence-electron chi connectivity index (χ2n) is 8.54. The van der Waals surface area contributed by atoms with E-state index in [4.69, 9.17) is 4.74 Å². The van der Waals surface area contributed by atoms with E-state index in [1.165, 1.54) is 0 Å². The van der Waals surface area contributed by atoms with Crippen molar-refractivity contribution in [2.24, 2.45) is 11.3 Å². The van der Waals surface area contributed by atoms with Gasteiger partial charge in [0.25, 0.3) is 0 Å². The number of carbonyl (C=O) groups is 3. The third-order valence-electron chi connectivity index (χ3n) is 4.86. The Balaban J connectivity index is 2.36. The molecular weight excluding hydrogens is 368 g/mol. The number of ether oxygens (including phenoxy) is 1. The zero-order valence-corrected chi connectivity index (χ0v) is 17.8. The maximum Gasteiger partial charge on any atom is 0.310 e. The Bertz CT molecular complexity index is 851. The smallest absolute Gasteiger partial charge is 0.310 e. The van der Waals surface area contributed by atoms with Crippen LogP contribution >= 0.6 is 0 Å². The van der Waals surface area contributed by atoms with Crippen molar-refractivity contribution in [1.29, 1.82) is 0 Å². The number of benzene rings is 1. The average molecular weight is 399 g/mol. The van der Waals surface area contributed by atoms with Crippen LogP contribution in [-0.4, -0.2) is 33.2 Å². The number of hydrogen-bond acceptors (Lipinski definition) is 5. The van der Waals surface area contributed by atoms with Gasteiger partial charge in [0.2, 0.25) is 0 Å². The molecule has 0 saturated carbocycles. The molecule has 0 unspecified atom stereocenters. The van der Waals surface area contributed by atoms with Crippen LogP contribution in [0.5, 0.6) is 0 Å². The van der Waals surface area contributed by atoms with E-state index in [1.54, 1.807) is 44.7 Å². The molecule has 2 rings (SSSR count). The van der Waals surface area contributed by atoms with Gasteiger partial charge in [-0.05, 0) is 39.3 Å². The van der Waals surface area contributed by atoms with Gasteiger partial charge >= 0.3 is 5.97 Å². The summed E-state index contributed by atoms with van der Waals surface area (Å²) in [6.07, 6.45) is 5.09. The molecule has 29 heavy (non-hydrogen) atoms. The first-order valence-electron chi connectivity index (χ1n) is 9.92. The molecule has 0 amide bonds. The first-order valence-corrected chi connectivity index (χ1v) is 9.92. The molecule has 6 heteroatoms. The molecule has 1 aromatic heterocycles. The van der Waals surface area contributed by atoms with Gasteiger partial charge in [-0.2, -0.15) is 0 Å². The van der Waals surface area contributed by atoms with Gasteiger partial charge in [0.05, 0.1) is 5.92 Å². The number of carbonyl (C=O) groups excluding carboxylic acids is 3. The molecule has 0 bridgehead atoms. The third kappa shape index (κ3) is 5.62. The summed E-state index contributed by atoms with van der Waals surface area (Å²) in [5, 5.41) is 0. The zero-order chi connectivity index (χ0) is 21.7. The largest absolute Gasteiger partial charge is 0.460 e. The van der Waals surface area contributed by atoms with Gasteiger partial charge in [0.1, 0.15) is 11.9 Å². The van der Waals surface area contributed by atoms with Gasteiger partial charge in [-0.25, -0.2) is 4.98 Å². The minimum atomic E-state index is -0.989. The SMILES string of the molecule is CCC[C@@](C)(C=O)[C@@H](CC(=O)c1nccn1-c1ccccc1)C(=O)OC(C)(C)C. The summed E-state index contributed by atoms with van der Waals surface area (Å²) in [7, 11) is 0. The highest BCUT2D eigenvalue weighted by Gasteiger charge is 2.42. The molecule has 156 valence electrons. The molecular formula is C23H30N2O4. The summed E-state index contributed by atoms with van der Waals surface area (Å²) in [6.45, 7) is 8.96. The molecule has 0 saturated heterocycles. The molecule has 1 heterocycles. The number of hydrogen-bond donors (Lipinski definition) is 0. The third-order valence-corrected chi connectivity index (χ3v) is 4.86. The summed E-state index contributed by atoms with van der Waals surface area (Å²) in [5.74, 6) is -1.49. The molecule has 1 aromatic carbocycles. The Morgan fingerprint density at radius 3 is 2.38 bits per heavy atom. The molecule has 0 aliphatic heterocycles. The molecule has 0 radical (unpaired) electrons. The highest BCUT2D eigenvalue weighted by Crippen LogP contribution is 2.36. The minimum Gasteiger partial charge on any atom is -0.460 e. The lowest BCUT2D eigenvalue weighted by atomic mass is 9.72. The number of aldehydes is 1. The van der Waals surface area contributed by atoms with Crippen molar-refractivity contribution < 1.29 is 19.1 Å². The Labute approximate surface area is 172 Å². The van der Waals surface area contributed by atoms with Crippen molar-refractivity contribution in [1.82, 2.24) is 9.55 Å². The minimum absolute atomic E-state index is 0.145. The van der Waals surface area contributed by atoms with Crippen LogP contribution in [0.1, 0.15) is 64.5 Å². The monoisotopic (exact) mass is 398 g/mol. The van der Waals surface area contributed by atoms with E-state index < -0.39 is 22.9 Å². The first kappa shape index (κ1) is 22.5. The van der Waals surface area contributed by atoms with Gasteiger partial charge in [-0.15, -0.1) is 0 Å². The van der Waals surface area contributed by atoms with Gasteiger partial charge in [0, 0.05) is 29.9 Å². The fraction of sp³-hybridized carbons (Fsp3) is 0.478. The van der Waals surface area contributed by atoms with E-state index in [2.05, 4.69) is 4.98 Å². The number of rotatable bonds is 9. The lowest BCUT2D eigenvalue weighted by Gasteiger charge is -2.33. The average Bonchev–Trinajstić information content (AvgIpc) is 3.15. The van der Waals surface area contributed by atoms with Gasteiger partial charge in [-0.3, -0.25) is 14.2 Å². The highest BCUT2D eigenvalue weighted by molar-refractivity contribution is 5.96. The van der Waals surface area contributed by atoms with Crippen LogP contribution in [0, 0.1) is 11.3 Å². The number of esters is 1. The van der Waals surface area contributed by atoms with Gasteiger partial charge < -0.3 is 9.53 Å². The normalized spacial score (nSPS) is 14.7. The Kier molecular flexibility index (Phi) is 7.11. The standard InChI is InChI=1S/C23H30N2O4/c1-6-12-23(5,16-26)18(21(28)29-22(2,3)4)15-19(27)20-24-13-14-25(20)17-10-8-7-9-11-17/h7-11,13-14,16,18H,6,12,15H2,1-5H3/t18-,23-/m0/s1. The first-order chi connectivity index (χ1) is 13.6. The number of para-hydroxylation sites is 1. The van der Waals surface area contributed by atoms with Crippen LogP contribution in [0.15, 0.2) is 42.7 Å². The van der Waals surface area contributed by atoms with E-state index in [-0.39, 0.29) is 18.0 Å². The van der Waals surface area contributed by atoms with Crippen LogP contribution in [0.4, 0.5) is 0 Å². The van der Waals surface area contributed by atoms with Crippen LogP contribution in [-0.2, 0) is 14.3 Å². The quantitative estimate of drug-likeness (QED) is 0.355. The summed E-state index contributed by atoms with van der Waals surface area (Å²) >= 11 is 0. The van der Waals surface area contributed by atoms with Crippen molar-refractivity contribution in [2.45, 2.75) is 59.5 Å². The number of ketones is 1. The van der Waals surface area contributed by atoms with Crippen molar-refractivity contribution in [2.75, 3.05) is 0 Å². The summed E-state index contributed by atoms with van der Waals surface area (Å²) < 4.78 is 7.24. The second-order valence-corrected chi connectivity index (χ2v) is 8.54. The van der Waals surface area contributed by atoms with E-state index >= 15 is 0 Å². The van der Waals surface area contributed by atoms with Crippen LogP contribution < -0.4 is 0 Å².